The fraction of sp³-hybridized carbons (Fsp3) is 0.316. The molecule has 2 aromatic rings. The summed E-state index contributed by atoms with van der Waals surface area (Å²) in [5, 5.41) is 4.64. The highest BCUT2D eigenvalue weighted by atomic mass is 35.5. The van der Waals surface area contributed by atoms with E-state index >= 15 is 0 Å². The lowest BCUT2D eigenvalue weighted by Crippen LogP contribution is -2.30. The Morgan fingerprint density at radius 1 is 1.17 bits per heavy atom. The van der Waals surface area contributed by atoms with Crippen molar-refractivity contribution in [3.63, 3.8) is 0 Å². The number of oxime groups is 1. The summed E-state index contributed by atoms with van der Waals surface area (Å²) >= 11 is 5.83. The van der Waals surface area contributed by atoms with Crippen molar-refractivity contribution in [3.05, 3.63) is 64.2 Å². The fourth-order valence-corrected chi connectivity index (χ4v) is 3.09. The number of aryl methyl sites for hydroxylation is 1. The molecule has 0 unspecified atom stereocenters. The minimum absolute atomic E-state index is 0.114. The van der Waals surface area contributed by atoms with Gasteiger partial charge in [-0.05, 0) is 42.7 Å². The number of rotatable bonds is 7. The van der Waals surface area contributed by atoms with Gasteiger partial charge in [0, 0.05) is 10.6 Å². The number of hydrogen-bond acceptors (Lipinski definition) is 4. The van der Waals surface area contributed by atoms with Gasteiger partial charge in [0.15, 0.2) is 0 Å². The maximum Gasteiger partial charge on any atom is 0.516 e. The molecule has 0 spiro atoms. The van der Waals surface area contributed by atoms with E-state index in [9.17, 15) is 21.6 Å². The second-order valence-electron chi connectivity index (χ2n) is 6.63. The first kappa shape index (κ1) is 23.0. The smallest absolute Gasteiger partial charge is 0.391 e. The lowest BCUT2D eigenvalue weighted by Gasteiger charge is -2.17. The van der Waals surface area contributed by atoms with Crippen molar-refractivity contribution in [2.24, 2.45) is 11.1 Å². The summed E-state index contributed by atoms with van der Waals surface area (Å²) < 4.78 is 63.1. The number of halogens is 4. The minimum Gasteiger partial charge on any atom is -0.391 e. The summed E-state index contributed by atoms with van der Waals surface area (Å²) in [6.45, 7) is 5.39. The van der Waals surface area contributed by atoms with Gasteiger partial charge in [0.2, 0.25) is 0 Å². The molecular weight excluding hydrogens is 429 g/mol. The molecule has 0 aliphatic carbocycles. The minimum atomic E-state index is -5.57. The van der Waals surface area contributed by atoms with Crippen molar-refractivity contribution in [1.29, 1.82) is 0 Å². The third-order valence-corrected chi connectivity index (χ3v) is 5.20. The van der Waals surface area contributed by atoms with Crippen LogP contribution in [-0.4, -0.2) is 19.6 Å². The van der Waals surface area contributed by atoms with Crippen LogP contribution in [-0.2, 0) is 21.5 Å². The second-order valence-corrected chi connectivity index (χ2v) is 8.74. The number of anilines is 1. The van der Waals surface area contributed by atoms with E-state index in [2.05, 4.69) is 5.16 Å². The second kappa shape index (κ2) is 9.04. The number of alkyl halides is 3. The maximum absolute atomic E-state index is 12.8. The van der Waals surface area contributed by atoms with Gasteiger partial charge in [0.05, 0.1) is 11.4 Å². The topological polar surface area (TPSA) is 67.8 Å². The van der Waals surface area contributed by atoms with Crippen LogP contribution < -0.4 is 4.72 Å². The number of hydrogen-bond donors (Lipinski definition) is 1. The first-order valence-electron chi connectivity index (χ1n) is 8.55. The van der Waals surface area contributed by atoms with E-state index in [1.165, 1.54) is 12.1 Å². The van der Waals surface area contributed by atoms with Crippen molar-refractivity contribution in [2.75, 3.05) is 4.72 Å². The molecule has 0 bridgehead atoms. The van der Waals surface area contributed by atoms with Crippen LogP contribution in [0.1, 0.15) is 30.5 Å². The summed E-state index contributed by atoms with van der Waals surface area (Å²) in [7, 11) is -5.57. The quantitative estimate of drug-likeness (QED) is 0.450. The molecule has 1 N–H and O–H groups in total. The molecule has 0 aliphatic rings. The lowest BCUT2D eigenvalue weighted by molar-refractivity contribution is -0.0429. The fourth-order valence-electron chi connectivity index (χ4n) is 2.38. The Labute approximate surface area is 172 Å². The van der Waals surface area contributed by atoms with Crippen molar-refractivity contribution in [1.82, 2.24) is 0 Å². The molecule has 0 fully saturated rings. The molecule has 0 aromatic heterocycles. The molecule has 0 saturated carbocycles. The van der Waals surface area contributed by atoms with Crippen LogP contribution in [0.4, 0.5) is 18.9 Å². The van der Waals surface area contributed by atoms with E-state index in [1.807, 2.05) is 0 Å². The van der Waals surface area contributed by atoms with E-state index in [0.717, 1.165) is 11.1 Å². The number of nitrogens with zero attached hydrogens (tertiary/aromatic N) is 1. The van der Waals surface area contributed by atoms with Crippen molar-refractivity contribution in [3.8, 4) is 0 Å². The van der Waals surface area contributed by atoms with E-state index in [4.69, 9.17) is 16.4 Å². The predicted molar refractivity (Wildman–Crippen MR) is 107 cm³/mol. The Morgan fingerprint density at radius 2 is 1.79 bits per heavy atom. The van der Waals surface area contributed by atoms with Crippen molar-refractivity contribution in [2.45, 2.75) is 32.9 Å². The third kappa shape index (κ3) is 6.11. The molecular formula is C19H20ClF3N2O3S. The monoisotopic (exact) mass is 448 g/mol. The van der Waals surface area contributed by atoms with Crippen LogP contribution in [0.3, 0.4) is 0 Å². The highest BCUT2D eigenvalue weighted by Crippen LogP contribution is 2.29. The number of benzene rings is 2. The lowest BCUT2D eigenvalue weighted by atomic mass is 9.97. The Kier molecular flexibility index (Phi) is 7.18. The van der Waals surface area contributed by atoms with Crippen molar-refractivity contribution >= 4 is 33.0 Å². The Hall–Kier alpha value is -2.26. The first-order valence-corrected chi connectivity index (χ1v) is 10.4. The normalized spacial score (nSPS) is 12.9. The highest BCUT2D eigenvalue weighted by molar-refractivity contribution is 7.93. The first-order chi connectivity index (χ1) is 13.4. The van der Waals surface area contributed by atoms with Gasteiger partial charge in [0.25, 0.3) is 0 Å². The van der Waals surface area contributed by atoms with Crippen LogP contribution in [0, 0.1) is 12.8 Å². The molecule has 0 atom stereocenters. The molecule has 158 valence electrons. The SMILES string of the molecule is Cc1ccc(NS(=O)(=O)C(F)(F)F)c(/C(=N/OCc2ccc(Cl)cc2)C(C)C)c1. The molecule has 0 aliphatic heterocycles. The largest absolute Gasteiger partial charge is 0.516 e. The van der Waals surface area contributed by atoms with Crippen LogP contribution in [0.15, 0.2) is 47.6 Å². The van der Waals surface area contributed by atoms with E-state index < -0.39 is 15.5 Å². The standard InChI is InChI=1S/C19H20ClF3N2O3S/c1-12(2)18(24-28-11-14-5-7-15(20)8-6-14)16-10-13(3)4-9-17(16)25-29(26,27)19(21,22)23/h4-10,12,25H,11H2,1-3H3/b24-18+. The summed E-state index contributed by atoms with van der Waals surface area (Å²) in [5.41, 5.74) is -3.62. The van der Waals surface area contributed by atoms with Crippen molar-refractivity contribution < 1.29 is 26.4 Å². The summed E-state index contributed by atoms with van der Waals surface area (Å²) in [6, 6.07) is 11.2. The average molecular weight is 449 g/mol. The number of sulfonamides is 1. The van der Waals surface area contributed by atoms with E-state index in [1.54, 1.807) is 55.8 Å². The molecule has 10 heteroatoms. The molecule has 2 aromatic carbocycles. The molecule has 0 radical (unpaired) electrons. The zero-order valence-electron chi connectivity index (χ0n) is 15.9. The Bertz CT molecular complexity index is 989. The molecule has 29 heavy (non-hydrogen) atoms. The summed E-state index contributed by atoms with van der Waals surface area (Å²) in [4.78, 5) is 5.38. The number of nitrogens with one attached hydrogen (secondary N) is 1. The third-order valence-electron chi connectivity index (χ3n) is 3.85. The molecule has 0 saturated heterocycles. The van der Waals surface area contributed by atoms with Gasteiger partial charge in [-0.3, -0.25) is 4.72 Å². The van der Waals surface area contributed by atoms with Crippen LogP contribution >= 0.6 is 11.6 Å². The zero-order chi connectivity index (χ0) is 21.8. The van der Waals surface area contributed by atoms with Gasteiger partial charge in [-0.15, -0.1) is 0 Å². The zero-order valence-corrected chi connectivity index (χ0v) is 17.5. The Morgan fingerprint density at radius 3 is 2.34 bits per heavy atom. The van der Waals surface area contributed by atoms with Gasteiger partial charge in [-0.25, -0.2) is 0 Å². The van der Waals surface area contributed by atoms with Gasteiger partial charge in [0.1, 0.15) is 6.61 Å². The van der Waals surface area contributed by atoms with Crippen LogP contribution in [0.2, 0.25) is 5.02 Å². The molecule has 2 rings (SSSR count). The summed E-state index contributed by atoms with van der Waals surface area (Å²) in [6.07, 6.45) is 0. The van der Waals surface area contributed by atoms with Gasteiger partial charge >= 0.3 is 15.5 Å². The highest BCUT2D eigenvalue weighted by Gasteiger charge is 2.46. The van der Waals surface area contributed by atoms with E-state index in [-0.39, 0.29) is 23.8 Å². The maximum atomic E-state index is 12.8. The van der Waals surface area contributed by atoms with Crippen LogP contribution in [0.25, 0.3) is 0 Å². The van der Waals surface area contributed by atoms with Gasteiger partial charge in [-0.2, -0.15) is 21.6 Å². The molecule has 5 nitrogen and oxygen atoms in total. The van der Waals surface area contributed by atoms with Gasteiger partial charge in [-0.1, -0.05) is 54.4 Å². The predicted octanol–water partition coefficient (Wildman–Crippen LogP) is 5.49. The summed E-state index contributed by atoms with van der Waals surface area (Å²) in [5.74, 6) is -0.254. The van der Waals surface area contributed by atoms with Crippen LogP contribution in [0.5, 0.6) is 0 Å². The molecule has 0 heterocycles. The average Bonchev–Trinajstić information content (AvgIpc) is 2.60. The Balaban J connectivity index is 2.36. The van der Waals surface area contributed by atoms with Gasteiger partial charge < -0.3 is 4.84 Å². The van der Waals surface area contributed by atoms with E-state index in [0.29, 0.717) is 10.7 Å². The molecule has 0 amide bonds.